The Labute approximate surface area is 149 Å². The Bertz CT molecular complexity index is 686. The SMILES string of the molecule is CSCCC(=O)N1CCN(S(=O)(=O)c2c(C)cc(C)cc2C)CC1. The number of amides is 1. The molecule has 0 unspecified atom stereocenters. The topological polar surface area (TPSA) is 57.7 Å². The Hall–Kier alpha value is -1.05. The molecule has 134 valence electrons. The zero-order valence-electron chi connectivity index (χ0n) is 14.8. The van der Waals surface area contributed by atoms with E-state index in [0.29, 0.717) is 37.5 Å². The standard InChI is InChI=1S/C17H26N2O3S2/c1-13-11-14(2)17(15(3)12-13)24(21,22)19-8-6-18(7-9-19)16(20)5-10-23-4/h11-12H,5-10H2,1-4H3. The third kappa shape index (κ3) is 4.13. The minimum atomic E-state index is -3.51. The molecule has 1 aliphatic heterocycles. The van der Waals surface area contributed by atoms with Crippen molar-refractivity contribution < 1.29 is 13.2 Å². The van der Waals surface area contributed by atoms with E-state index >= 15 is 0 Å². The first-order chi connectivity index (χ1) is 11.3. The van der Waals surface area contributed by atoms with E-state index in [-0.39, 0.29) is 5.91 Å². The molecule has 0 bridgehead atoms. The molecule has 7 heteroatoms. The summed E-state index contributed by atoms with van der Waals surface area (Å²) >= 11 is 1.65. The van der Waals surface area contributed by atoms with Gasteiger partial charge in [-0.25, -0.2) is 8.42 Å². The molecule has 1 aliphatic rings. The highest BCUT2D eigenvalue weighted by atomic mass is 32.2. The highest BCUT2D eigenvalue weighted by Gasteiger charge is 2.31. The molecule has 1 fully saturated rings. The van der Waals surface area contributed by atoms with Gasteiger partial charge in [-0.1, -0.05) is 17.7 Å². The number of rotatable bonds is 5. The maximum atomic E-state index is 13.0. The number of benzene rings is 1. The van der Waals surface area contributed by atoms with Crippen LogP contribution in [0.15, 0.2) is 17.0 Å². The van der Waals surface area contributed by atoms with Crippen molar-refractivity contribution in [1.29, 1.82) is 0 Å². The van der Waals surface area contributed by atoms with Gasteiger partial charge in [-0.15, -0.1) is 0 Å². The van der Waals surface area contributed by atoms with Crippen LogP contribution in [0.5, 0.6) is 0 Å². The van der Waals surface area contributed by atoms with E-state index in [1.165, 1.54) is 4.31 Å². The van der Waals surface area contributed by atoms with Crippen molar-refractivity contribution in [2.75, 3.05) is 38.2 Å². The van der Waals surface area contributed by atoms with Crippen molar-refractivity contribution in [3.05, 3.63) is 28.8 Å². The van der Waals surface area contributed by atoms with Gasteiger partial charge in [-0.3, -0.25) is 4.79 Å². The largest absolute Gasteiger partial charge is 0.340 e. The van der Waals surface area contributed by atoms with Crippen molar-refractivity contribution >= 4 is 27.7 Å². The van der Waals surface area contributed by atoms with Crippen LogP contribution in [0.3, 0.4) is 0 Å². The molecule has 1 heterocycles. The lowest BCUT2D eigenvalue weighted by Gasteiger charge is -2.34. The summed E-state index contributed by atoms with van der Waals surface area (Å²) in [7, 11) is -3.51. The zero-order valence-corrected chi connectivity index (χ0v) is 16.5. The van der Waals surface area contributed by atoms with E-state index in [0.717, 1.165) is 22.4 Å². The number of aryl methyl sites for hydroxylation is 3. The summed E-state index contributed by atoms with van der Waals surface area (Å²) < 4.78 is 27.5. The first-order valence-corrected chi connectivity index (χ1v) is 11.0. The third-order valence-corrected chi connectivity index (χ3v) is 7.13. The molecular formula is C17H26N2O3S2. The molecule has 5 nitrogen and oxygen atoms in total. The Morgan fingerprint density at radius 1 is 1.08 bits per heavy atom. The fraction of sp³-hybridized carbons (Fsp3) is 0.588. The normalized spacial score (nSPS) is 16.4. The molecule has 0 spiro atoms. The van der Waals surface area contributed by atoms with Crippen molar-refractivity contribution in [3.8, 4) is 0 Å². The summed E-state index contributed by atoms with van der Waals surface area (Å²) in [6.07, 6.45) is 2.49. The van der Waals surface area contributed by atoms with Crippen molar-refractivity contribution in [3.63, 3.8) is 0 Å². The van der Waals surface area contributed by atoms with E-state index in [4.69, 9.17) is 0 Å². The number of nitrogens with zero attached hydrogens (tertiary/aromatic N) is 2. The summed E-state index contributed by atoms with van der Waals surface area (Å²) in [6, 6.07) is 3.81. The number of hydrogen-bond acceptors (Lipinski definition) is 4. The van der Waals surface area contributed by atoms with Crippen molar-refractivity contribution in [2.24, 2.45) is 0 Å². The highest BCUT2D eigenvalue weighted by Crippen LogP contribution is 2.26. The number of carbonyl (C=O) groups excluding carboxylic acids is 1. The molecule has 0 aliphatic carbocycles. The Morgan fingerprint density at radius 3 is 2.12 bits per heavy atom. The Kier molecular flexibility index (Phi) is 6.33. The number of sulfonamides is 1. The van der Waals surface area contributed by atoms with Gasteiger partial charge in [0.05, 0.1) is 4.90 Å². The summed E-state index contributed by atoms with van der Waals surface area (Å²) in [4.78, 5) is 14.3. The monoisotopic (exact) mass is 370 g/mol. The first kappa shape index (κ1) is 19.3. The minimum Gasteiger partial charge on any atom is -0.340 e. The fourth-order valence-corrected chi connectivity index (χ4v) is 5.44. The molecule has 1 saturated heterocycles. The van der Waals surface area contributed by atoms with Gasteiger partial charge in [0.1, 0.15) is 0 Å². The molecule has 0 N–H and O–H groups in total. The van der Waals surface area contributed by atoms with Crippen LogP contribution in [0.1, 0.15) is 23.1 Å². The molecule has 1 aromatic rings. The first-order valence-electron chi connectivity index (χ1n) is 8.12. The van der Waals surface area contributed by atoms with Gasteiger partial charge in [-0.2, -0.15) is 16.1 Å². The summed E-state index contributed by atoms with van der Waals surface area (Å²) in [5.41, 5.74) is 2.63. The van der Waals surface area contributed by atoms with Crippen LogP contribution < -0.4 is 0 Å². The quantitative estimate of drug-likeness (QED) is 0.797. The third-order valence-electron chi connectivity index (χ3n) is 4.31. The smallest absolute Gasteiger partial charge is 0.243 e. The number of thioether (sulfide) groups is 1. The van der Waals surface area contributed by atoms with Crippen molar-refractivity contribution in [2.45, 2.75) is 32.1 Å². The van der Waals surface area contributed by atoms with Crippen LogP contribution in [0.25, 0.3) is 0 Å². The second-order valence-corrected chi connectivity index (χ2v) is 9.12. The van der Waals surface area contributed by atoms with Gasteiger partial charge in [-0.05, 0) is 38.2 Å². The zero-order chi connectivity index (χ0) is 17.9. The molecule has 1 amide bonds. The Balaban J connectivity index is 2.12. The molecule has 0 radical (unpaired) electrons. The second-order valence-electron chi connectivity index (χ2n) is 6.26. The van der Waals surface area contributed by atoms with Gasteiger partial charge in [0, 0.05) is 38.4 Å². The van der Waals surface area contributed by atoms with E-state index in [2.05, 4.69) is 0 Å². The van der Waals surface area contributed by atoms with Gasteiger partial charge in [0.15, 0.2) is 0 Å². The maximum Gasteiger partial charge on any atom is 0.243 e. The lowest BCUT2D eigenvalue weighted by Crippen LogP contribution is -2.50. The second kappa shape index (κ2) is 7.89. The molecule has 0 atom stereocenters. The summed E-state index contributed by atoms with van der Waals surface area (Å²) in [6.45, 7) is 7.31. The lowest BCUT2D eigenvalue weighted by atomic mass is 10.1. The van der Waals surface area contributed by atoms with Crippen LogP contribution >= 0.6 is 11.8 Å². The average molecular weight is 371 g/mol. The molecule has 2 rings (SSSR count). The number of piperazine rings is 1. The average Bonchev–Trinajstić information content (AvgIpc) is 2.51. The molecular weight excluding hydrogens is 344 g/mol. The molecule has 0 saturated carbocycles. The number of carbonyl (C=O) groups is 1. The number of hydrogen-bond donors (Lipinski definition) is 0. The van der Waals surface area contributed by atoms with Crippen LogP contribution in [-0.2, 0) is 14.8 Å². The highest BCUT2D eigenvalue weighted by molar-refractivity contribution is 7.98. The fourth-order valence-electron chi connectivity index (χ4n) is 3.23. The van der Waals surface area contributed by atoms with Crippen LogP contribution in [-0.4, -0.2) is 61.7 Å². The van der Waals surface area contributed by atoms with Gasteiger partial charge < -0.3 is 4.90 Å². The van der Waals surface area contributed by atoms with E-state index in [1.54, 1.807) is 16.7 Å². The van der Waals surface area contributed by atoms with Gasteiger partial charge in [0.2, 0.25) is 15.9 Å². The summed E-state index contributed by atoms with van der Waals surface area (Å²) in [5, 5.41) is 0. The molecule has 0 aromatic heterocycles. The lowest BCUT2D eigenvalue weighted by molar-refractivity contribution is -0.131. The molecule has 24 heavy (non-hydrogen) atoms. The minimum absolute atomic E-state index is 0.115. The van der Waals surface area contributed by atoms with Gasteiger partial charge >= 0.3 is 0 Å². The Morgan fingerprint density at radius 2 is 1.62 bits per heavy atom. The van der Waals surface area contributed by atoms with E-state index in [1.807, 2.05) is 39.2 Å². The predicted octanol–water partition coefficient (Wildman–Crippen LogP) is 2.20. The van der Waals surface area contributed by atoms with E-state index < -0.39 is 10.0 Å². The van der Waals surface area contributed by atoms with Crippen molar-refractivity contribution in [1.82, 2.24) is 9.21 Å². The molecule has 1 aromatic carbocycles. The predicted molar refractivity (Wildman–Crippen MR) is 99.0 cm³/mol. The van der Waals surface area contributed by atoms with Gasteiger partial charge in [0.25, 0.3) is 0 Å². The van der Waals surface area contributed by atoms with Crippen LogP contribution in [0, 0.1) is 20.8 Å². The van der Waals surface area contributed by atoms with Crippen LogP contribution in [0.4, 0.5) is 0 Å². The maximum absolute atomic E-state index is 13.0. The van der Waals surface area contributed by atoms with E-state index in [9.17, 15) is 13.2 Å². The van der Waals surface area contributed by atoms with Crippen LogP contribution in [0.2, 0.25) is 0 Å². The summed E-state index contributed by atoms with van der Waals surface area (Å²) in [5.74, 6) is 0.920.